The lowest BCUT2D eigenvalue weighted by molar-refractivity contribution is 0.714. The molecular formula is C63H46N2. The molecule has 10 aromatic carbocycles. The van der Waals surface area contributed by atoms with Gasteiger partial charge in [-0.2, -0.15) is 0 Å². The Morgan fingerprint density at radius 1 is 0.400 bits per heavy atom. The zero-order valence-electron chi connectivity index (χ0n) is 36.3. The summed E-state index contributed by atoms with van der Waals surface area (Å²) in [7, 11) is 0. The van der Waals surface area contributed by atoms with Gasteiger partial charge in [0.1, 0.15) is 0 Å². The number of aromatic nitrogens is 1. The van der Waals surface area contributed by atoms with E-state index >= 15 is 0 Å². The van der Waals surface area contributed by atoms with Crippen molar-refractivity contribution in [3.05, 3.63) is 259 Å². The Bertz CT molecular complexity index is 3570. The van der Waals surface area contributed by atoms with Crippen molar-refractivity contribution >= 4 is 55.2 Å². The number of hydrogen-bond donors (Lipinski definition) is 0. The molecule has 0 radical (unpaired) electrons. The minimum atomic E-state index is 0.513. The van der Waals surface area contributed by atoms with Gasteiger partial charge >= 0.3 is 0 Å². The van der Waals surface area contributed by atoms with E-state index in [1.54, 1.807) is 0 Å². The zero-order valence-corrected chi connectivity index (χ0v) is 36.3. The van der Waals surface area contributed by atoms with Gasteiger partial charge in [-0.15, -0.1) is 0 Å². The van der Waals surface area contributed by atoms with E-state index in [-0.39, 0.29) is 0 Å². The first kappa shape index (κ1) is 38.5. The van der Waals surface area contributed by atoms with E-state index in [2.05, 4.69) is 259 Å². The molecule has 0 fully saturated rings. The average molecular weight is 831 g/mol. The third kappa shape index (κ3) is 7.01. The van der Waals surface area contributed by atoms with Gasteiger partial charge in [-0.1, -0.05) is 183 Å². The molecule has 0 aliphatic heterocycles. The van der Waals surface area contributed by atoms with Gasteiger partial charge in [0.15, 0.2) is 0 Å². The number of benzene rings is 10. The van der Waals surface area contributed by atoms with Gasteiger partial charge in [0.05, 0.1) is 11.0 Å². The number of nitrogens with zero attached hydrogens (tertiary/aromatic N) is 2. The summed E-state index contributed by atoms with van der Waals surface area (Å²) in [6.07, 6.45) is 3.53. The van der Waals surface area contributed by atoms with Crippen molar-refractivity contribution in [3.8, 4) is 39.1 Å². The maximum absolute atomic E-state index is 2.44. The normalized spacial score (nSPS) is 13.5. The maximum atomic E-state index is 2.44. The van der Waals surface area contributed by atoms with Crippen LogP contribution in [0.15, 0.2) is 243 Å². The smallest absolute Gasteiger partial charge is 0.0547 e. The molecule has 0 spiro atoms. The van der Waals surface area contributed by atoms with Gasteiger partial charge < -0.3 is 9.47 Å². The number of allylic oxidation sites excluding steroid dienone is 1. The van der Waals surface area contributed by atoms with Crippen molar-refractivity contribution < 1.29 is 0 Å². The van der Waals surface area contributed by atoms with Crippen LogP contribution in [0.25, 0.3) is 77.2 Å². The Kier molecular flexibility index (Phi) is 9.57. The van der Waals surface area contributed by atoms with E-state index in [9.17, 15) is 0 Å². The lowest BCUT2D eigenvalue weighted by Crippen LogP contribution is -2.10. The second kappa shape index (κ2) is 16.2. The molecular weight excluding hydrogens is 785 g/mol. The third-order valence-corrected chi connectivity index (χ3v) is 13.3. The third-order valence-electron chi connectivity index (χ3n) is 13.3. The van der Waals surface area contributed by atoms with Gasteiger partial charge in [-0.05, 0) is 145 Å². The summed E-state index contributed by atoms with van der Waals surface area (Å²) < 4.78 is 2.39. The Hall–Kier alpha value is -8.20. The highest BCUT2D eigenvalue weighted by atomic mass is 15.1. The summed E-state index contributed by atoms with van der Waals surface area (Å²) in [4.78, 5) is 2.41. The average Bonchev–Trinajstić information content (AvgIpc) is 3.71. The van der Waals surface area contributed by atoms with E-state index in [1.165, 1.54) is 88.2 Å². The van der Waals surface area contributed by atoms with E-state index in [4.69, 9.17) is 0 Å². The van der Waals surface area contributed by atoms with Gasteiger partial charge in [0, 0.05) is 33.5 Å². The van der Waals surface area contributed by atoms with Crippen LogP contribution in [0.5, 0.6) is 0 Å². The van der Waals surface area contributed by atoms with Crippen LogP contribution in [0.1, 0.15) is 23.6 Å². The highest BCUT2D eigenvalue weighted by Gasteiger charge is 2.20. The molecule has 11 aromatic rings. The molecule has 2 heteroatoms. The molecule has 1 heterocycles. The number of fused-ring (bicyclic) bond motifs is 5. The van der Waals surface area contributed by atoms with Crippen molar-refractivity contribution in [1.29, 1.82) is 0 Å². The van der Waals surface area contributed by atoms with Gasteiger partial charge in [0.25, 0.3) is 0 Å². The van der Waals surface area contributed by atoms with Crippen LogP contribution < -0.4 is 4.90 Å². The fourth-order valence-electron chi connectivity index (χ4n) is 10.2. The predicted octanol–water partition coefficient (Wildman–Crippen LogP) is 17.0. The lowest BCUT2D eigenvalue weighted by Gasteiger charge is -2.27. The molecule has 0 saturated heterocycles. The van der Waals surface area contributed by atoms with Crippen molar-refractivity contribution in [1.82, 2.24) is 4.57 Å². The molecule has 0 bridgehead atoms. The molecule has 1 unspecified atom stereocenters. The predicted molar refractivity (Wildman–Crippen MR) is 276 cm³/mol. The molecule has 2 nitrogen and oxygen atoms in total. The van der Waals surface area contributed by atoms with Crippen LogP contribution >= 0.6 is 0 Å². The summed E-state index contributed by atoms with van der Waals surface area (Å²) in [6, 6.07) is 86.7. The summed E-state index contributed by atoms with van der Waals surface area (Å²) in [5.41, 5.74) is 19.4. The second-order valence-electron chi connectivity index (χ2n) is 17.4. The first-order valence-corrected chi connectivity index (χ1v) is 22.7. The standard InChI is InChI=1S/C63H46N2/c1-43-38-51-16-7-8-23-57(51)60(39-43)47-31-28-45(29-32-47)46-34-36-54(37-35-46)64(55-21-11-17-49(41-55)50-33-30-44-14-5-6-15-48(44)40-50)56-22-12-18-52(42-56)58-25-13-27-62-63(58)59-24-9-10-26-61(59)65(62)53-19-3-2-4-20-53/h2-37,39-43H,38H2,1H3. The molecule has 0 saturated carbocycles. The number of hydrogen-bond acceptors (Lipinski definition) is 1. The van der Waals surface area contributed by atoms with Crippen LogP contribution in [-0.4, -0.2) is 4.57 Å². The van der Waals surface area contributed by atoms with Crippen LogP contribution in [0.3, 0.4) is 0 Å². The van der Waals surface area contributed by atoms with Crippen molar-refractivity contribution in [2.24, 2.45) is 5.92 Å². The Morgan fingerprint density at radius 2 is 0.985 bits per heavy atom. The molecule has 1 aliphatic carbocycles. The number of anilines is 3. The molecule has 1 atom stereocenters. The van der Waals surface area contributed by atoms with Crippen LogP contribution in [0.2, 0.25) is 0 Å². The quantitative estimate of drug-likeness (QED) is 0.148. The molecule has 1 aromatic heterocycles. The summed E-state index contributed by atoms with van der Waals surface area (Å²) >= 11 is 0. The monoisotopic (exact) mass is 830 g/mol. The Labute approximate surface area is 380 Å². The summed E-state index contributed by atoms with van der Waals surface area (Å²) in [5.74, 6) is 0.513. The van der Waals surface area contributed by atoms with Gasteiger partial charge in [-0.25, -0.2) is 0 Å². The van der Waals surface area contributed by atoms with Crippen molar-refractivity contribution in [3.63, 3.8) is 0 Å². The molecule has 0 N–H and O–H groups in total. The van der Waals surface area contributed by atoms with Crippen LogP contribution in [0.4, 0.5) is 17.1 Å². The van der Waals surface area contributed by atoms with Gasteiger partial charge in [-0.3, -0.25) is 0 Å². The Morgan fingerprint density at radius 3 is 1.80 bits per heavy atom. The molecule has 1 aliphatic rings. The van der Waals surface area contributed by atoms with E-state index < -0.39 is 0 Å². The van der Waals surface area contributed by atoms with Crippen molar-refractivity contribution in [2.75, 3.05) is 4.90 Å². The fourth-order valence-corrected chi connectivity index (χ4v) is 10.2. The highest BCUT2D eigenvalue weighted by molar-refractivity contribution is 6.16. The first-order chi connectivity index (χ1) is 32.1. The molecule has 65 heavy (non-hydrogen) atoms. The second-order valence-corrected chi connectivity index (χ2v) is 17.4. The Balaban J connectivity index is 0.959. The summed E-state index contributed by atoms with van der Waals surface area (Å²) in [5, 5.41) is 4.98. The van der Waals surface area contributed by atoms with E-state index in [0.29, 0.717) is 5.92 Å². The van der Waals surface area contributed by atoms with Crippen LogP contribution in [0, 0.1) is 5.92 Å². The lowest BCUT2D eigenvalue weighted by atomic mass is 9.82. The highest BCUT2D eigenvalue weighted by Crippen LogP contribution is 2.43. The van der Waals surface area contributed by atoms with Crippen molar-refractivity contribution in [2.45, 2.75) is 13.3 Å². The largest absolute Gasteiger partial charge is 0.310 e. The molecule has 12 rings (SSSR count). The fraction of sp³-hybridized carbons (Fsp3) is 0.0476. The SMILES string of the molecule is CC1C=C(c2ccc(-c3ccc(N(c4cccc(-c5ccc6ccccc6c5)c4)c4cccc(-c5cccc6c5c5ccccc5n6-c5ccccc5)c4)cc3)cc2)c2ccccc2C1. The topological polar surface area (TPSA) is 8.17 Å². The van der Waals surface area contributed by atoms with Crippen LogP contribution in [-0.2, 0) is 6.42 Å². The maximum Gasteiger partial charge on any atom is 0.0547 e. The number of para-hydroxylation sites is 2. The van der Waals surface area contributed by atoms with E-state index in [1.807, 2.05) is 0 Å². The van der Waals surface area contributed by atoms with E-state index in [0.717, 1.165) is 29.2 Å². The summed E-state index contributed by atoms with van der Waals surface area (Å²) in [6.45, 7) is 2.32. The molecule has 0 amide bonds. The molecule has 308 valence electrons. The zero-order chi connectivity index (χ0) is 43.3. The number of rotatable bonds is 8. The minimum Gasteiger partial charge on any atom is -0.310 e. The first-order valence-electron chi connectivity index (χ1n) is 22.7. The van der Waals surface area contributed by atoms with Gasteiger partial charge in [0.2, 0.25) is 0 Å². The minimum absolute atomic E-state index is 0.513.